The quantitative estimate of drug-likeness (QED) is 0.860. The van der Waals surface area contributed by atoms with Crippen molar-refractivity contribution >= 4 is 23.2 Å². The van der Waals surface area contributed by atoms with E-state index in [1.807, 2.05) is 12.1 Å². The molecular weight excluding hydrogens is 277 g/mol. The summed E-state index contributed by atoms with van der Waals surface area (Å²) in [6.07, 6.45) is 0.709. The Hall–Kier alpha value is -1.02. The second kappa shape index (κ2) is 5.96. The summed E-state index contributed by atoms with van der Waals surface area (Å²) in [4.78, 5) is 0. The fraction of sp³-hybridized carbons (Fsp3) is 0.250. The van der Waals surface area contributed by atoms with Crippen LogP contribution in [0.3, 0.4) is 0 Å². The van der Waals surface area contributed by atoms with Gasteiger partial charge in [-0.05, 0) is 49.1 Å². The predicted octanol–water partition coefficient (Wildman–Crippen LogP) is 4.85. The van der Waals surface area contributed by atoms with Gasteiger partial charge in [0.2, 0.25) is 0 Å². The first kappa shape index (κ1) is 14.4. The maximum atomic E-state index is 6.31. The summed E-state index contributed by atoms with van der Waals surface area (Å²) in [5.74, 6) is 0. The van der Waals surface area contributed by atoms with E-state index in [-0.39, 0.29) is 6.04 Å². The van der Waals surface area contributed by atoms with Gasteiger partial charge >= 0.3 is 0 Å². The van der Waals surface area contributed by atoms with Gasteiger partial charge in [0.1, 0.15) is 0 Å². The van der Waals surface area contributed by atoms with Crippen molar-refractivity contribution in [2.75, 3.05) is 0 Å². The Morgan fingerprint density at radius 2 is 1.79 bits per heavy atom. The summed E-state index contributed by atoms with van der Waals surface area (Å²) in [5.41, 5.74) is 10.9. The van der Waals surface area contributed by atoms with Gasteiger partial charge in [0.15, 0.2) is 0 Å². The smallest absolute Gasteiger partial charge is 0.0453 e. The average Bonchev–Trinajstić information content (AvgIpc) is 2.35. The molecule has 1 nitrogen and oxygen atoms in total. The second-order valence-corrected chi connectivity index (χ2v) is 5.75. The van der Waals surface area contributed by atoms with Crippen LogP contribution in [-0.4, -0.2) is 0 Å². The predicted molar refractivity (Wildman–Crippen MR) is 83.0 cm³/mol. The van der Waals surface area contributed by atoms with Gasteiger partial charge in [0.25, 0.3) is 0 Å². The lowest BCUT2D eigenvalue weighted by atomic mass is 9.94. The van der Waals surface area contributed by atoms with E-state index in [4.69, 9.17) is 28.9 Å². The van der Waals surface area contributed by atoms with Gasteiger partial charge in [-0.25, -0.2) is 0 Å². The lowest BCUT2D eigenvalue weighted by molar-refractivity contribution is 0.716. The summed E-state index contributed by atoms with van der Waals surface area (Å²) in [6.45, 7) is 4.16. The zero-order valence-electron chi connectivity index (χ0n) is 11.1. The summed E-state index contributed by atoms with van der Waals surface area (Å²) < 4.78 is 0. The van der Waals surface area contributed by atoms with E-state index >= 15 is 0 Å². The fourth-order valence-corrected chi connectivity index (χ4v) is 2.68. The van der Waals surface area contributed by atoms with Crippen LogP contribution in [0.15, 0.2) is 36.4 Å². The van der Waals surface area contributed by atoms with Gasteiger partial charge in [-0.15, -0.1) is 0 Å². The Morgan fingerprint density at radius 1 is 1.05 bits per heavy atom. The minimum atomic E-state index is -0.0569. The van der Waals surface area contributed by atoms with Crippen LogP contribution in [0.1, 0.15) is 28.3 Å². The van der Waals surface area contributed by atoms with E-state index < -0.39 is 0 Å². The van der Waals surface area contributed by atoms with Crippen molar-refractivity contribution in [3.05, 3.63) is 68.7 Å². The number of benzene rings is 2. The molecule has 0 saturated carbocycles. The third-order valence-electron chi connectivity index (χ3n) is 3.29. The maximum absolute atomic E-state index is 6.31. The summed E-state index contributed by atoms with van der Waals surface area (Å²) in [7, 11) is 0. The van der Waals surface area contributed by atoms with E-state index in [1.54, 1.807) is 6.07 Å². The highest BCUT2D eigenvalue weighted by molar-refractivity contribution is 6.35. The Morgan fingerprint density at radius 3 is 2.47 bits per heavy atom. The van der Waals surface area contributed by atoms with Crippen molar-refractivity contribution in [3.63, 3.8) is 0 Å². The highest BCUT2D eigenvalue weighted by atomic mass is 35.5. The number of nitrogens with two attached hydrogens (primary N) is 1. The van der Waals surface area contributed by atoms with Crippen LogP contribution in [0.5, 0.6) is 0 Å². The van der Waals surface area contributed by atoms with Gasteiger partial charge in [0, 0.05) is 16.1 Å². The van der Waals surface area contributed by atoms with Crippen LogP contribution in [0.4, 0.5) is 0 Å². The molecule has 2 aromatic carbocycles. The molecule has 0 spiro atoms. The Labute approximate surface area is 124 Å². The Bertz CT molecular complexity index is 593. The molecule has 0 bridgehead atoms. The summed E-state index contributed by atoms with van der Waals surface area (Å²) in [5, 5.41) is 1.32. The monoisotopic (exact) mass is 293 g/mol. The normalized spacial score (nSPS) is 12.5. The largest absolute Gasteiger partial charge is 0.324 e. The molecule has 0 aliphatic carbocycles. The first-order chi connectivity index (χ1) is 8.97. The zero-order chi connectivity index (χ0) is 14.0. The third-order valence-corrected chi connectivity index (χ3v) is 3.88. The zero-order valence-corrected chi connectivity index (χ0v) is 12.6. The Kier molecular flexibility index (Phi) is 4.51. The third kappa shape index (κ3) is 3.50. The molecule has 100 valence electrons. The van der Waals surface area contributed by atoms with Crippen LogP contribution in [0, 0.1) is 13.8 Å². The first-order valence-electron chi connectivity index (χ1n) is 6.24. The molecule has 0 amide bonds. The number of hydrogen-bond acceptors (Lipinski definition) is 1. The van der Waals surface area contributed by atoms with E-state index in [0.717, 1.165) is 5.56 Å². The molecule has 0 aromatic heterocycles. The van der Waals surface area contributed by atoms with Gasteiger partial charge in [-0.1, -0.05) is 53.0 Å². The lowest BCUT2D eigenvalue weighted by Gasteiger charge is -2.16. The standard InChI is InChI=1S/C16H17Cl2N/c1-10-3-4-11(2)14(7-10)16(19)8-12-5-6-13(17)9-15(12)18/h3-7,9,16H,8,19H2,1-2H3. The van der Waals surface area contributed by atoms with Crippen molar-refractivity contribution in [3.8, 4) is 0 Å². The van der Waals surface area contributed by atoms with Crippen LogP contribution in [0.25, 0.3) is 0 Å². The van der Waals surface area contributed by atoms with Crippen molar-refractivity contribution in [1.29, 1.82) is 0 Å². The molecule has 0 radical (unpaired) electrons. The topological polar surface area (TPSA) is 26.0 Å². The van der Waals surface area contributed by atoms with Gasteiger partial charge in [-0.2, -0.15) is 0 Å². The molecular formula is C16H17Cl2N. The number of hydrogen-bond donors (Lipinski definition) is 1. The van der Waals surface area contributed by atoms with E-state index in [1.165, 1.54) is 16.7 Å². The molecule has 2 rings (SSSR count). The Balaban J connectivity index is 2.25. The van der Waals surface area contributed by atoms with Crippen molar-refractivity contribution in [2.45, 2.75) is 26.3 Å². The minimum Gasteiger partial charge on any atom is -0.324 e. The van der Waals surface area contributed by atoms with Crippen LogP contribution >= 0.6 is 23.2 Å². The molecule has 19 heavy (non-hydrogen) atoms. The number of halogens is 2. The van der Waals surface area contributed by atoms with Crippen LogP contribution < -0.4 is 5.73 Å². The molecule has 0 saturated heterocycles. The minimum absolute atomic E-state index is 0.0569. The highest BCUT2D eigenvalue weighted by Gasteiger charge is 2.12. The van der Waals surface area contributed by atoms with Gasteiger partial charge in [0.05, 0.1) is 0 Å². The highest BCUT2D eigenvalue weighted by Crippen LogP contribution is 2.26. The molecule has 3 heteroatoms. The van der Waals surface area contributed by atoms with E-state index in [2.05, 4.69) is 32.0 Å². The molecule has 2 N–H and O–H groups in total. The summed E-state index contributed by atoms with van der Waals surface area (Å²) in [6, 6.07) is 11.8. The lowest BCUT2D eigenvalue weighted by Crippen LogP contribution is -2.15. The first-order valence-corrected chi connectivity index (χ1v) is 6.99. The number of rotatable bonds is 3. The molecule has 1 atom stereocenters. The molecule has 0 aliphatic rings. The van der Waals surface area contributed by atoms with Crippen LogP contribution in [0.2, 0.25) is 10.0 Å². The van der Waals surface area contributed by atoms with Crippen LogP contribution in [-0.2, 0) is 6.42 Å². The fourth-order valence-electron chi connectivity index (χ4n) is 2.19. The van der Waals surface area contributed by atoms with Gasteiger partial charge < -0.3 is 5.73 Å². The van der Waals surface area contributed by atoms with E-state index in [9.17, 15) is 0 Å². The SMILES string of the molecule is Cc1ccc(C)c(C(N)Cc2ccc(Cl)cc2Cl)c1. The molecule has 0 heterocycles. The maximum Gasteiger partial charge on any atom is 0.0453 e. The van der Waals surface area contributed by atoms with Crippen molar-refractivity contribution in [2.24, 2.45) is 5.73 Å². The average molecular weight is 294 g/mol. The van der Waals surface area contributed by atoms with Crippen molar-refractivity contribution in [1.82, 2.24) is 0 Å². The molecule has 0 fully saturated rings. The summed E-state index contributed by atoms with van der Waals surface area (Å²) >= 11 is 12.1. The molecule has 1 unspecified atom stereocenters. The van der Waals surface area contributed by atoms with Crippen molar-refractivity contribution < 1.29 is 0 Å². The van der Waals surface area contributed by atoms with Gasteiger partial charge in [-0.3, -0.25) is 0 Å². The number of aryl methyl sites for hydroxylation is 2. The molecule has 0 aliphatic heterocycles. The van der Waals surface area contributed by atoms with E-state index in [0.29, 0.717) is 16.5 Å². The molecule has 2 aromatic rings. The second-order valence-electron chi connectivity index (χ2n) is 4.91.